The van der Waals surface area contributed by atoms with E-state index in [9.17, 15) is 0 Å². The molecule has 1 N–H and O–H groups in total. The van der Waals surface area contributed by atoms with Crippen LogP contribution in [-0.2, 0) is 6.54 Å². The number of methoxy groups -OCH3 is 1. The fourth-order valence-corrected chi connectivity index (χ4v) is 2.86. The van der Waals surface area contributed by atoms with Crippen LogP contribution in [0.1, 0.15) is 11.1 Å². The number of benzene rings is 2. The highest BCUT2D eigenvalue weighted by Crippen LogP contribution is 2.17. The van der Waals surface area contributed by atoms with Gasteiger partial charge in [0.1, 0.15) is 18.1 Å². The molecule has 3 rings (SSSR count). The van der Waals surface area contributed by atoms with Gasteiger partial charge in [0.25, 0.3) is 0 Å². The van der Waals surface area contributed by atoms with Crippen LogP contribution in [0, 0.1) is 0 Å². The highest BCUT2D eigenvalue weighted by atomic mass is 16.5. The molecule has 1 aliphatic heterocycles. The molecule has 0 aliphatic carbocycles. The molecule has 0 bridgehead atoms. The Morgan fingerprint density at radius 3 is 2.32 bits per heavy atom. The maximum atomic E-state index is 5.70. The summed E-state index contributed by atoms with van der Waals surface area (Å²) in [7, 11) is 1.66. The first-order valence-electron chi connectivity index (χ1n) is 8.79. The summed E-state index contributed by atoms with van der Waals surface area (Å²) in [6, 6.07) is 16.4. The number of ether oxygens (including phenoxy) is 2. The summed E-state index contributed by atoms with van der Waals surface area (Å²) in [6.45, 7) is 6.03. The molecule has 1 fully saturated rings. The van der Waals surface area contributed by atoms with Crippen molar-refractivity contribution in [3.05, 3.63) is 65.7 Å². The molecule has 1 saturated heterocycles. The van der Waals surface area contributed by atoms with Crippen molar-refractivity contribution in [2.45, 2.75) is 6.54 Å². The van der Waals surface area contributed by atoms with E-state index in [-0.39, 0.29) is 0 Å². The monoisotopic (exact) mass is 338 g/mol. The maximum absolute atomic E-state index is 5.70. The van der Waals surface area contributed by atoms with Crippen molar-refractivity contribution in [2.24, 2.45) is 0 Å². The van der Waals surface area contributed by atoms with Crippen LogP contribution >= 0.6 is 0 Å². The Labute approximate surface area is 150 Å². The second-order valence-corrected chi connectivity index (χ2v) is 6.16. The van der Waals surface area contributed by atoms with Crippen molar-refractivity contribution in [3.8, 4) is 11.5 Å². The summed E-state index contributed by atoms with van der Waals surface area (Å²) in [4.78, 5) is 2.49. The van der Waals surface area contributed by atoms with Crippen molar-refractivity contribution in [2.75, 3.05) is 39.9 Å². The Morgan fingerprint density at radius 1 is 0.960 bits per heavy atom. The van der Waals surface area contributed by atoms with Crippen LogP contribution < -0.4 is 14.8 Å². The number of nitrogens with one attached hydrogen (secondary N) is 1. The highest BCUT2D eigenvalue weighted by molar-refractivity contribution is 5.49. The lowest BCUT2D eigenvalue weighted by Gasteiger charge is -2.27. The number of hydrogen-bond acceptors (Lipinski definition) is 4. The number of rotatable bonds is 7. The van der Waals surface area contributed by atoms with Gasteiger partial charge in [-0.15, -0.1) is 0 Å². The Morgan fingerprint density at radius 2 is 1.64 bits per heavy atom. The highest BCUT2D eigenvalue weighted by Gasteiger charge is 2.09. The van der Waals surface area contributed by atoms with Crippen LogP contribution in [0.15, 0.2) is 54.6 Å². The minimum atomic E-state index is 0.550. The molecule has 0 amide bonds. The van der Waals surface area contributed by atoms with Crippen LogP contribution in [0.3, 0.4) is 0 Å². The van der Waals surface area contributed by atoms with Crippen LogP contribution in [0.5, 0.6) is 11.5 Å². The first-order chi connectivity index (χ1) is 12.3. The molecule has 0 aromatic heterocycles. The van der Waals surface area contributed by atoms with Crippen LogP contribution in [0.2, 0.25) is 0 Å². The normalized spacial score (nSPS) is 15.4. The largest absolute Gasteiger partial charge is 0.497 e. The van der Waals surface area contributed by atoms with Crippen molar-refractivity contribution < 1.29 is 9.47 Å². The molecule has 0 unspecified atom stereocenters. The van der Waals surface area contributed by atoms with Gasteiger partial charge in [-0.1, -0.05) is 30.3 Å². The SMILES string of the molecule is COc1ccc(OC/C=C/c2ccc(CN3CCNCC3)cc2)cc1. The van der Waals surface area contributed by atoms with E-state index in [0.29, 0.717) is 6.61 Å². The van der Waals surface area contributed by atoms with Gasteiger partial charge in [0.05, 0.1) is 7.11 Å². The summed E-state index contributed by atoms with van der Waals surface area (Å²) < 4.78 is 10.8. The lowest BCUT2D eigenvalue weighted by atomic mass is 10.1. The second-order valence-electron chi connectivity index (χ2n) is 6.16. The van der Waals surface area contributed by atoms with Crippen LogP contribution in [0.4, 0.5) is 0 Å². The fraction of sp³-hybridized carbons (Fsp3) is 0.333. The fourth-order valence-electron chi connectivity index (χ4n) is 2.86. The van der Waals surface area contributed by atoms with Gasteiger partial charge in [-0.05, 0) is 41.5 Å². The van der Waals surface area contributed by atoms with E-state index in [1.165, 1.54) is 11.1 Å². The van der Waals surface area contributed by atoms with Crippen molar-refractivity contribution >= 4 is 6.08 Å². The smallest absolute Gasteiger partial charge is 0.120 e. The lowest BCUT2D eigenvalue weighted by molar-refractivity contribution is 0.233. The third-order valence-corrected chi connectivity index (χ3v) is 4.31. The maximum Gasteiger partial charge on any atom is 0.120 e. The first-order valence-corrected chi connectivity index (χ1v) is 8.79. The Bertz CT molecular complexity index is 659. The quantitative estimate of drug-likeness (QED) is 0.841. The van der Waals surface area contributed by atoms with E-state index in [0.717, 1.165) is 44.2 Å². The average Bonchev–Trinajstić information content (AvgIpc) is 2.68. The van der Waals surface area contributed by atoms with E-state index in [1.54, 1.807) is 7.11 Å². The molecule has 25 heavy (non-hydrogen) atoms. The zero-order valence-corrected chi connectivity index (χ0v) is 14.8. The molecule has 4 nitrogen and oxygen atoms in total. The van der Waals surface area contributed by atoms with E-state index in [1.807, 2.05) is 30.3 Å². The molecule has 0 spiro atoms. The van der Waals surface area contributed by atoms with Gasteiger partial charge < -0.3 is 14.8 Å². The molecule has 1 heterocycles. The van der Waals surface area contributed by atoms with E-state index < -0.39 is 0 Å². The first kappa shape index (κ1) is 17.5. The topological polar surface area (TPSA) is 33.7 Å². The van der Waals surface area contributed by atoms with Gasteiger partial charge >= 0.3 is 0 Å². The molecule has 4 heteroatoms. The van der Waals surface area contributed by atoms with Gasteiger partial charge in [-0.3, -0.25) is 4.90 Å². The second kappa shape index (κ2) is 9.25. The Kier molecular flexibility index (Phi) is 6.48. The zero-order valence-electron chi connectivity index (χ0n) is 14.8. The molecule has 2 aromatic carbocycles. The Hall–Kier alpha value is -2.30. The zero-order chi connectivity index (χ0) is 17.3. The van der Waals surface area contributed by atoms with Crippen molar-refractivity contribution in [3.63, 3.8) is 0 Å². The molecule has 2 aromatic rings. The molecule has 0 saturated carbocycles. The summed E-state index contributed by atoms with van der Waals surface area (Å²) in [5, 5.41) is 3.39. The summed E-state index contributed by atoms with van der Waals surface area (Å²) in [6.07, 6.45) is 4.13. The van der Waals surface area contributed by atoms with Gasteiger partial charge in [-0.2, -0.15) is 0 Å². The average molecular weight is 338 g/mol. The molecule has 1 aliphatic rings. The summed E-state index contributed by atoms with van der Waals surface area (Å²) in [5.41, 5.74) is 2.57. The van der Waals surface area contributed by atoms with E-state index in [2.05, 4.69) is 40.6 Å². The predicted octanol–water partition coefficient (Wildman–Crippen LogP) is 3.19. The van der Waals surface area contributed by atoms with Crippen molar-refractivity contribution in [1.29, 1.82) is 0 Å². The number of piperazine rings is 1. The van der Waals surface area contributed by atoms with Crippen LogP contribution in [0.25, 0.3) is 6.08 Å². The molecule has 132 valence electrons. The van der Waals surface area contributed by atoms with Gasteiger partial charge in [0.2, 0.25) is 0 Å². The third-order valence-electron chi connectivity index (χ3n) is 4.31. The van der Waals surface area contributed by atoms with Crippen molar-refractivity contribution in [1.82, 2.24) is 10.2 Å². The van der Waals surface area contributed by atoms with Gasteiger partial charge in [-0.25, -0.2) is 0 Å². The minimum absolute atomic E-state index is 0.550. The molecular weight excluding hydrogens is 312 g/mol. The Balaban J connectivity index is 1.44. The minimum Gasteiger partial charge on any atom is -0.497 e. The molecular formula is C21H26N2O2. The molecule has 0 radical (unpaired) electrons. The predicted molar refractivity (Wildman–Crippen MR) is 102 cm³/mol. The standard InChI is InChI=1S/C21H26N2O2/c1-24-20-8-10-21(11-9-20)25-16-2-3-18-4-6-19(7-5-18)17-23-14-12-22-13-15-23/h2-11,22H,12-17H2,1H3/b3-2+. The lowest BCUT2D eigenvalue weighted by Crippen LogP contribution is -2.42. The number of hydrogen-bond donors (Lipinski definition) is 1. The van der Waals surface area contributed by atoms with Gasteiger partial charge in [0.15, 0.2) is 0 Å². The summed E-state index contributed by atoms with van der Waals surface area (Å²) >= 11 is 0. The molecule has 0 atom stereocenters. The summed E-state index contributed by atoms with van der Waals surface area (Å²) in [5.74, 6) is 1.68. The van der Waals surface area contributed by atoms with E-state index in [4.69, 9.17) is 9.47 Å². The van der Waals surface area contributed by atoms with Gasteiger partial charge in [0, 0.05) is 32.7 Å². The third kappa shape index (κ3) is 5.62. The van der Waals surface area contributed by atoms with Crippen LogP contribution in [-0.4, -0.2) is 44.8 Å². The van der Waals surface area contributed by atoms with E-state index >= 15 is 0 Å². The number of nitrogens with zero attached hydrogens (tertiary/aromatic N) is 1.